The minimum absolute atomic E-state index is 0.0323. The molecular weight excluding hydrogens is 360 g/mol. The molecule has 1 aromatic carbocycles. The maximum atomic E-state index is 11.7. The van der Waals surface area contributed by atoms with Gasteiger partial charge in [0.1, 0.15) is 6.61 Å². The average molecular weight is 388 g/mol. The molecule has 1 aromatic rings. The Balaban J connectivity index is 2.56. The maximum Gasteiger partial charge on any atom is 0.338 e. The normalized spacial score (nSPS) is 12.9. The minimum atomic E-state index is -0.798. The highest BCUT2D eigenvalue weighted by molar-refractivity contribution is 5.81. The summed E-state index contributed by atoms with van der Waals surface area (Å²) in [5.74, 6) is -0.900. The standard InChI is InChI=1S/C22H28O6/c1-4-16-27-28-20(22(24)25-3)15-11-7-10-14-19(17-26-21(23)5-2)18-12-8-6-9-13-18/h4-10,12-13,19-20H,1-2,11,14-17H2,3H3. The van der Waals surface area contributed by atoms with Crippen molar-refractivity contribution in [2.24, 2.45) is 0 Å². The zero-order valence-corrected chi connectivity index (χ0v) is 16.3. The van der Waals surface area contributed by atoms with Crippen LogP contribution in [0.25, 0.3) is 0 Å². The molecule has 0 bridgehead atoms. The largest absolute Gasteiger partial charge is 0.467 e. The Morgan fingerprint density at radius 3 is 2.54 bits per heavy atom. The Morgan fingerprint density at radius 2 is 1.89 bits per heavy atom. The predicted molar refractivity (Wildman–Crippen MR) is 106 cm³/mol. The number of benzene rings is 1. The lowest BCUT2D eigenvalue weighted by Gasteiger charge is -2.15. The number of rotatable bonds is 14. The molecule has 0 aliphatic carbocycles. The Kier molecular flexibility index (Phi) is 12.0. The van der Waals surface area contributed by atoms with Crippen LogP contribution in [0.15, 0.2) is 67.8 Å². The first-order valence-electron chi connectivity index (χ1n) is 9.08. The van der Waals surface area contributed by atoms with E-state index in [1.807, 2.05) is 42.5 Å². The fourth-order valence-electron chi connectivity index (χ4n) is 2.40. The van der Waals surface area contributed by atoms with Gasteiger partial charge in [-0.3, -0.25) is 0 Å². The van der Waals surface area contributed by atoms with Gasteiger partial charge >= 0.3 is 11.9 Å². The SMILES string of the molecule is C=CCOOC(CCC=CCC(COC(=O)C=C)c1ccccc1)C(=O)OC. The van der Waals surface area contributed by atoms with Gasteiger partial charge in [-0.05, 0) is 24.8 Å². The summed E-state index contributed by atoms with van der Waals surface area (Å²) in [5, 5.41) is 0. The smallest absolute Gasteiger partial charge is 0.338 e. The van der Waals surface area contributed by atoms with Crippen molar-refractivity contribution < 1.29 is 28.8 Å². The van der Waals surface area contributed by atoms with Crippen molar-refractivity contribution in [1.82, 2.24) is 0 Å². The zero-order valence-electron chi connectivity index (χ0n) is 16.3. The van der Waals surface area contributed by atoms with E-state index in [4.69, 9.17) is 19.2 Å². The summed E-state index contributed by atoms with van der Waals surface area (Å²) in [4.78, 5) is 33.0. The summed E-state index contributed by atoms with van der Waals surface area (Å²) in [6.45, 7) is 7.37. The van der Waals surface area contributed by atoms with Gasteiger partial charge in [-0.15, -0.1) is 6.58 Å². The van der Waals surface area contributed by atoms with Gasteiger partial charge < -0.3 is 9.47 Å². The van der Waals surface area contributed by atoms with Crippen LogP contribution in [0.5, 0.6) is 0 Å². The molecule has 0 saturated carbocycles. The first-order valence-corrected chi connectivity index (χ1v) is 9.08. The van der Waals surface area contributed by atoms with E-state index in [9.17, 15) is 9.59 Å². The van der Waals surface area contributed by atoms with E-state index in [-0.39, 0.29) is 19.1 Å². The van der Waals surface area contributed by atoms with Gasteiger partial charge in [0.15, 0.2) is 6.10 Å². The van der Waals surface area contributed by atoms with Gasteiger partial charge in [-0.2, -0.15) is 0 Å². The molecule has 2 atom stereocenters. The lowest BCUT2D eigenvalue weighted by atomic mass is 9.96. The molecule has 1 rings (SSSR count). The van der Waals surface area contributed by atoms with E-state index in [0.29, 0.717) is 19.3 Å². The second-order valence-electron chi connectivity index (χ2n) is 5.91. The average Bonchev–Trinajstić information content (AvgIpc) is 2.74. The molecule has 0 aromatic heterocycles. The minimum Gasteiger partial charge on any atom is -0.467 e. The van der Waals surface area contributed by atoms with Crippen molar-refractivity contribution in [2.45, 2.75) is 31.3 Å². The van der Waals surface area contributed by atoms with Crippen molar-refractivity contribution in [1.29, 1.82) is 0 Å². The third-order valence-corrected chi connectivity index (χ3v) is 3.88. The molecule has 0 N–H and O–H groups in total. The second-order valence-corrected chi connectivity index (χ2v) is 5.91. The van der Waals surface area contributed by atoms with Crippen LogP contribution in [0, 0.1) is 0 Å². The molecule has 0 amide bonds. The molecule has 6 heteroatoms. The predicted octanol–water partition coefficient (Wildman–Crippen LogP) is 3.90. The second kappa shape index (κ2) is 14.4. The third kappa shape index (κ3) is 9.30. The quantitative estimate of drug-likeness (QED) is 0.120. The van der Waals surface area contributed by atoms with Gasteiger partial charge in [0.25, 0.3) is 0 Å². The van der Waals surface area contributed by atoms with Crippen LogP contribution in [0.2, 0.25) is 0 Å². The number of ether oxygens (including phenoxy) is 2. The lowest BCUT2D eigenvalue weighted by Crippen LogP contribution is -2.25. The molecule has 2 unspecified atom stereocenters. The Labute approximate surface area is 166 Å². The van der Waals surface area contributed by atoms with Gasteiger partial charge in [-0.1, -0.05) is 55.1 Å². The fourth-order valence-corrected chi connectivity index (χ4v) is 2.40. The van der Waals surface area contributed by atoms with Crippen LogP contribution in [0.3, 0.4) is 0 Å². The number of hydrogen-bond donors (Lipinski definition) is 0. The molecule has 0 aliphatic heterocycles. The van der Waals surface area contributed by atoms with Crippen LogP contribution in [0.4, 0.5) is 0 Å². The van der Waals surface area contributed by atoms with Crippen molar-refractivity contribution in [2.75, 3.05) is 20.3 Å². The van der Waals surface area contributed by atoms with Crippen LogP contribution < -0.4 is 0 Å². The van der Waals surface area contributed by atoms with E-state index in [0.717, 1.165) is 11.6 Å². The molecular formula is C22H28O6. The van der Waals surface area contributed by atoms with Crippen LogP contribution in [-0.2, 0) is 28.8 Å². The number of carbonyl (C=O) groups is 2. The van der Waals surface area contributed by atoms with Gasteiger partial charge in [0, 0.05) is 12.0 Å². The van der Waals surface area contributed by atoms with Gasteiger partial charge in [0.05, 0.1) is 13.7 Å². The number of carbonyl (C=O) groups excluding carboxylic acids is 2. The van der Waals surface area contributed by atoms with Crippen LogP contribution in [-0.4, -0.2) is 38.4 Å². The van der Waals surface area contributed by atoms with Gasteiger partial charge in [-0.25, -0.2) is 19.4 Å². The lowest BCUT2D eigenvalue weighted by molar-refractivity contribution is -0.314. The molecule has 0 heterocycles. The molecule has 0 radical (unpaired) electrons. The molecule has 0 saturated heterocycles. The Bertz CT molecular complexity index is 638. The molecule has 0 spiro atoms. The summed E-state index contributed by atoms with van der Waals surface area (Å²) < 4.78 is 9.92. The van der Waals surface area contributed by atoms with E-state index in [1.165, 1.54) is 13.2 Å². The van der Waals surface area contributed by atoms with Crippen LogP contribution in [0.1, 0.15) is 30.7 Å². The van der Waals surface area contributed by atoms with E-state index in [1.54, 1.807) is 0 Å². The Hall–Kier alpha value is -2.70. The highest BCUT2D eigenvalue weighted by atomic mass is 17.2. The highest BCUT2D eigenvalue weighted by Gasteiger charge is 2.20. The summed E-state index contributed by atoms with van der Waals surface area (Å²) in [7, 11) is 1.30. The third-order valence-electron chi connectivity index (χ3n) is 3.88. The molecule has 28 heavy (non-hydrogen) atoms. The van der Waals surface area contributed by atoms with E-state index in [2.05, 4.69) is 13.2 Å². The fraction of sp³-hybridized carbons (Fsp3) is 0.364. The number of allylic oxidation sites excluding steroid dienone is 2. The monoisotopic (exact) mass is 388 g/mol. The summed E-state index contributed by atoms with van der Waals surface area (Å²) in [6.07, 6.45) is 7.54. The number of methoxy groups -OCH3 is 1. The van der Waals surface area contributed by atoms with Crippen molar-refractivity contribution in [3.05, 3.63) is 73.4 Å². The summed E-state index contributed by atoms with van der Waals surface area (Å²) in [5.41, 5.74) is 1.08. The number of esters is 2. The topological polar surface area (TPSA) is 71.1 Å². The first-order chi connectivity index (χ1) is 13.6. The van der Waals surface area contributed by atoms with E-state index >= 15 is 0 Å². The van der Waals surface area contributed by atoms with Crippen molar-refractivity contribution >= 4 is 11.9 Å². The molecule has 6 nitrogen and oxygen atoms in total. The molecule has 0 fully saturated rings. The molecule has 0 aliphatic rings. The zero-order chi connectivity index (χ0) is 20.6. The molecule has 152 valence electrons. The van der Waals surface area contributed by atoms with E-state index < -0.39 is 18.0 Å². The van der Waals surface area contributed by atoms with Gasteiger partial charge in [0.2, 0.25) is 0 Å². The van der Waals surface area contributed by atoms with Crippen LogP contribution >= 0.6 is 0 Å². The number of hydrogen-bond acceptors (Lipinski definition) is 6. The highest BCUT2D eigenvalue weighted by Crippen LogP contribution is 2.21. The Morgan fingerprint density at radius 1 is 1.14 bits per heavy atom. The maximum absolute atomic E-state index is 11.7. The first kappa shape index (κ1) is 23.3. The summed E-state index contributed by atoms with van der Waals surface area (Å²) in [6, 6.07) is 9.83. The van der Waals surface area contributed by atoms with Crippen molar-refractivity contribution in [3.63, 3.8) is 0 Å². The van der Waals surface area contributed by atoms with Crippen molar-refractivity contribution in [3.8, 4) is 0 Å². The summed E-state index contributed by atoms with van der Waals surface area (Å²) >= 11 is 0.